The zero-order valence-corrected chi connectivity index (χ0v) is 14.4. The van der Waals surface area contributed by atoms with Gasteiger partial charge in [0.25, 0.3) is 0 Å². The fourth-order valence-corrected chi connectivity index (χ4v) is 2.36. The van der Waals surface area contributed by atoms with Crippen LogP contribution in [0.25, 0.3) is 0 Å². The largest absolute Gasteiger partial charge is 0.153 e. The van der Waals surface area contributed by atoms with Crippen molar-refractivity contribution in [1.29, 1.82) is 0 Å². The van der Waals surface area contributed by atoms with E-state index in [0.717, 1.165) is 0 Å². The third-order valence-electron chi connectivity index (χ3n) is 2.80. The molecule has 0 aromatic heterocycles. The molecule has 0 fully saturated rings. The molecule has 0 aromatic rings. The summed E-state index contributed by atoms with van der Waals surface area (Å²) in [7, 11) is 0. The Morgan fingerprint density at radius 2 is 1.12 bits per heavy atom. The van der Waals surface area contributed by atoms with Gasteiger partial charge in [0.05, 0.1) is 0 Å². The monoisotopic (exact) mass is 308 g/mol. The molecule has 0 aliphatic heterocycles. The van der Waals surface area contributed by atoms with Crippen molar-refractivity contribution in [2.24, 2.45) is 0 Å². The number of allylic oxidation sites excluding steroid dienone is 2. The van der Waals surface area contributed by atoms with Crippen LogP contribution in [0.15, 0.2) is 10.1 Å². The maximum Gasteiger partial charge on any atom is -0.00573 e. The molecule has 1 atom stereocenters. The summed E-state index contributed by atoms with van der Waals surface area (Å²) in [6.07, 6.45) is 11.8. The van der Waals surface area contributed by atoms with Crippen LogP contribution in [0.1, 0.15) is 78.6 Å². The number of halogens is 1. The minimum atomic E-state index is 0. The molecule has 16 heavy (non-hydrogen) atoms. The number of hydrogen-bond donors (Lipinski definition) is 0. The Kier molecular flexibility index (Phi) is 16.3. The highest BCUT2D eigenvalue weighted by molar-refractivity contribution is 9.11. The number of hydrogen-bond acceptors (Lipinski definition) is 0. The van der Waals surface area contributed by atoms with Gasteiger partial charge in [0.2, 0.25) is 0 Å². The van der Waals surface area contributed by atoms with Crippen molar-refractivity contribution in [3.05, 3.63) is 10.1 Å². The SMILES string of the molecule is CCCCC(Br)=C(CCCC)CCCC.P. The lowest BCUT2D eigenvalue weighted by Crippen LogP contribution is -1.89. The molecule has 2 heteroatoms. The molecule has 0 rings (SSSR count). The minimum absolute atomic E-state index is 0. The highest BCUT2D eigenvalue weighted by atomic mass is 79.9. The lowest BCUT2D eigenvalue weighted by atomic mass is 10.0. The van der Waals surface area contributed by atoms with Crippen molar-refractivity contribution < 1.29 is 0 Å². The van der Waals surface area contributed by atoms with Gasteiger partial charge in [0.1, 0.15) is 0 Å². The van der Waals surface area contributed by atoms with Crippen molar-refractivity contribution in [3.63, 3.8) is 0 Å². The van der Waals surface area contributed by atoms with Gasteiger partial charge in [-0.2, -0.15) is 9.90 Å². The summed E-state index contributed by atoms with van der Waals surface area (Å²) < 4.78 is 1.51. The average Bonchev–Trinajstić information content (AvgIpc) is 2.26. The van der Waals surface area contributed by atoms with E-state index >= 15 is 0 Å². The Balaban J connectivity index is 0. The Morgan fingerprint density at radius 1 is 0.750 bits per heavy atom. The van der Waals surface area contributed by atoms with Crippen LogP contribution in [0.3, 0.4) is 0 Å². The highest BCUT2D eigenvalue weighted by Gasteiger charge is 2.03. The van der Waals surface area contributed by atoms with Crippen LogP contribution in [-0.4, -0.2) is 0 Å². The topological polar surface area (TPSA) is 0 Å². The second-order valence-corrected chi connectivity index (χ2v) is 5.28. The Hall–Kier alpha value is 0.650. The van der Waals surface area contributed by atoms with Crippen molar-refractivity contribution in [2.75, 3.05) is 0 Å². The fraction of sp³-hybridized carbons (Fsp3) is 0.857. The fourth-order valence-electron chi connectivity index (χ4n) is 1.69. The second kappa shape index (κ2) is 13.7. The third-order valence-corrected chi connectivity index (χ3v) is 3.75. The van der Waals surface area contributed by atoms with Crippen molar-refractivity contribution >= 4 is 25.8 Å². The predicted molar refractivity (Wildman–Crippen MR) is 85.6 cm³/mol. The van der Waals surface area contributed by atoms with Crippen molar-refractivity contribution in [2.45, 2.75) is 78.6 Å². The quantitative estimate of drug-likeness (QED) is 0.441. The first-order chi connectivity index (χ1) is 7.26. The third kappa shape index (κ3) is 9.85. The van der Waals surface area contributed by atoms with E-state index in [1.165, 1.54) is 62.3 Å². The minimum Gasteiger partial charge on any atom is -0.153 e. The first-order valence-electron chi connectivity index (χ1n) is 6.62. The van der Waals surface area contributed by atoms with Crippen LogP contribution >= 0.6 is 25.8 Å². The summed E-state index contributed by atoms with van der Waals surface area (Å²) in [6, 6.07) is 0. The van der Waals surface area contributed by atoms with Crippen molar-refractivity contribution in [1.82, 2.24) is 0 Å². The molecule has 0 saturated carbocycles. The number of rotatable bonds is 9. The van der Waals surface area contributed by atoms with E-state index in [-0.39, 0.29) is 9.90 Å². The molecule has 0 aliphatic rings. The van der Waals surface area contributed by atoms with Gasteiger partial charge >= 0.3 is 0 Å². The highest BCUT2D eigenvalue weighted by Crippen LogP contribution is 2.26. The summed E-state index contributed by atoms with van der Waals surface area (Å²) in [5.74, 6) is 0. The molecule has 0 nitrogen and oxygen atoms in total. The van der Waals surface area contributed by atoms with Gasteiger partial charge in [-0.05, 0) is 43.0 Å². The molecule has 98 valence electrons. The lowest BCUT2D eigenvalue weighted by Gasteiger charge is -2.10. The summed E-state index contributed by atoms with van der Waals surface area (Å²) >= 11 is 3.79. The van der Waals surface area contributed by atoms with Gasteiger partial charge in [0, 0.05) is 0 Å². The van der Waals surface area contributed by atoms with E-state index < -0.39 is 0 Å². The smallest absolute Gasteiger partial charge is 0.00573 e. The maximum absolute atomic E-state index is 3.79. The summed E-state index contributed by atoms with van der Waals surface area (Å²) in [6.45, 7) is 6.81. The average molecular weight is 309 g/mol. The molecule has 0 aromatic carbocycles. The van der Waals surface area contributed by atoms with E-state index in [9.17, 15) is 0 Å². The van der Waals surface area contributed by atoms with Gasteiger partial charge in [-0.3, -0.25) is 0 Å². The molecule has 1 unspecified atom stereocenters. The normalized spacial score (nSPS) is 9.75. The lowest BCUT2D eigenvalue weighted by molar-refractivity contribution is 0.699. The Morgan fingerprint density at radius 3 is 1.50 bits per heavy atom. The molecule has 0 bridgehead atoms. The first kappa shape index (κ1) is 19.0. The van der Waals surface area contributed by atoms with Crippen LogP contribution in [0.4, 0.5) is 0 Å². The molecular weight excluding hydrogens is 279 g/mol. The van der Waals surface area contributed by atoms with E-state index in [4.69, 9.17) is 0 Å². The van der Waals surface area contributed by atoms with E-state index in [1.54, 1.807) is 5.57 Å². The molecule has 0 radical (unpaired) electrons. The van der Waals surface area contributed by atoms with Gasteiger partial charge in [-0.15, -0.1) is 0 Å². The van der Waals surface area contributed by atoms with Crippen LogP contribution in [0.5, 0.6) is 0 Å². The second-order valence-electron chi connectivity index (χ2n) is 4.32. The van der Waals surface area contributed by atoms with Gasteiger partial charge in [-0.25, -0.2) is 0 Å². The van der Waals surface area contributed by atoms with E-state index in [1.807, 2.05) is 0 Å². The molecule has 0 spiro atoms. The Labute approximate surface area is 114 Å². The number of unbranched alkanes of at least 4 members (excludes halogenated alkanes) is 3. The molecule has 0 heterocycles. The molecule has 0 amide bonds. The van der Waals surface area contributed by atoms with Crippen LogP contribution in [-0.2, 0) is 0 Å². The molecule has 0 aliphatic carbocycles. The molecule has 0 saturated heterocycles. The predicted octanol–water partition coefficient (Wildman–Crippen LogP) is 6.26. The Bertz CT molecular complexity index is 166. The van der Waals surface area contributed by atoms with Gasteiger partial charge in [-0.1, -0.05) is 61.5 Å². The zero-order chi connectivity index (χ0) is 11.5. The van der Waals surface area contributed by atoms with Crippen molar-refractivity contribution in [3.8, 4) is 0 Å². The van der Waals surface area contributed by atoms with Crippen LogP contribution in [0.2, 0.25) is 0 Å². The summed E-state index contributed by atoms with van der Waals surface area (Å²) in [5, 5.41) is 0. The zero-order valence-electron chi connectivity index (χ0n) is 11.4. The van der Waals surface area contributed by atoms with Gasteiger partial charge in [0.15, 0.2) is 0 Å². The molecule has 0 N–H and O–H groups in total. The molecular formula is C14H30BrP. The maximum atomic E-state index is 3.79. The summed E-state index contributed by atoms with van der Waals surface area (Å²) in [5.41, 5.74) is 1.69. The van der Waals surface area contributed by atoms with Crippen LogP contribution in [0, 0.1) is 0 Å². The first-order valence-corrected chi connectivity index (χ1v) is 7.41. The van der Waals surface area contributed by atoms with Gasteiger partial charge < -0.3 is 0 Å². The summed E-state index contributed by atoms with van der Waals surface area (Å²) in [4.78, 5) is 0. The van der Waals surface area contributed by atoms with Crippen LogP contribution < -0.4 is 0 Å². The van der Waals surface area contributed by atoms with E-state index in [0.29, 0.717) is 0 Å². The standard InChI is InChI=1S/C14H27Br.H3P/c1-4-7-10-13(11-8-5-2)14(15)12-9-6-3;/h4-12H2,1-3H3;1H3. The van der Waals surface area contributed by atoms with E-state index in [2.05, 4.69) is 36.7 Å².